The zero-order valence-electron chi connectivity index (χ0n) is 23.1. The van der Waals surface area contributed by atoms with E-state index in [1.165, 1.54) is 12.3 Å². The van der Waals surface area contributed by atoms with E-state index in [1.54, 1.807) is 12.3 Å². The zero-order chi connectivity index (χ0) is 29.1. The number of anilines is 1. The predicted molar refractivity (Wildman–Crippen MR) is 156 cm³/mol. The number of aryl methyl sites for hydroxylation is 1. The van der Waals surface area contributed by atoms with Gasteiger partial charge in [-0.05, 0) is 68.2 Å². The summed E-state index contributed by atoms with van der Waals surface area (Å²) < 4.78 is 40.1. The molecule has 42 heavy (non-hydrogen) atoms. The third kappa shape index (κ3) is 6.24. The van der Waals surface area contributed by atoms with Crippen molar-refractivity contribution >= 4 is 11.6 Å². The summed E-state index contributed by atoms with van der Waals surface area (Å²) in [5.74, 6) is -1.66. The second-order valence-corrected chi connectivity index (χ2v) is 10.6. The van der Waals surface area contributed by atoms with E-state index < -0.39 is 17.5 Å². The first kappa shape index (κ1) is 27.7. The Labute approximate surface area is 242 Å². The number of hydrogen-bond donors (Lipinski definition) is 3. The topological polar surface area (TPSA) is 97.4 Å². The van der Waals surface area contributed by atoms with Crippen molar-refractivity contribution in [2.24, 2.45) is 0 Å². The highest BCUT2D eigenvalue weighted by Crippen LogP contribution is 2.34. The molecule has 0 bridgehead atoms. The molecule has 2 fully saturated rings. The first-order valence-electron chi connectivity index (χ1n) is 14.0. The van der Waals surface area contributed by atoms with Crippen molar-refractivity contribution in [3.05, 3.63) is 89.8 Å². The largest absolute Gasteiger partial charge is 0.473 e. The van der Waals surface area contributed by atoms with E-state index in [1.807, 2.05) is 37.3 Å². The molecule has 8 nitrogen and oxygen atoms in total. The average molecular weight is 572 g/mol. The van der Waals surface area contributed by atoms with Gasteiger partial charge in [0.2, 0.25) is 11.8 Å². The summed E-state index contributed by atoms with van der Waals surface area (Å²) in [4.78, 5) is 22.4. The van der Waals surface area contributed by atoms with Gasteiger partial charge in [-0.15, -0.1) is 0 Å². The highest BCUT2D eigenvalue weighted by molar-refractivity contribution is 6.05. The van der Waals surface area contributed by atoms with Gasteiger partial charge in [0.15, 0.2) is 11.6 Å². The molecule has 2 atom stereocenters. The number of carbonyl (C=O) groups is 1. The molecule has 2 aliphatic rings. The van der Waals surface area contributed by atoms with Crippen molar-refractivity contribution in [3.8, 4) is 34.0 Å². The van der Waals surface area contributed by atoms with E-state index in [-0.39, 0.29) is 23.7 Å². The molecule has 2 aromatic carbocycles. The Hall–Kier alpha value is -4.41. The van der Waals surface area contributed by atoms with E-state index in [0.717, 1.165) is 61.3 Å². The van der Waals surface area contributed by atoms with Gasteiger partial charge in [0.1, 0.15) is 12.2 Å². The van der Waals surface area contributed by atoms with E-state index in [4.69, 9.17) is 9.47 Å². The lowest BCUT2D eigenvalue weighted by Crippen LogP contribution is -2.21. The Morgan fingerprint density at radius 3 is 2.05 bits per heavy atom. The summed E-state index contributed by atoms with van der Waals surface area (Å²) >= 11 is 0. The molecule has 4 aromatic rings. The van der Waals surface area contributed by atoms with E-state index in [9.17, 15) is 13.6 Å². The monoisotopic (exact) mass is 571 g/mol. The minimum absolute atomic E-state index is 0.0173. The number of pyridine rings is 2. The number of nitrogens with one attached hydrogen (secondary N) is 3. The SMILES string of the molecule is Cc1ccc(-c2cc(NC(=O)c3cnc(O[C@H]4CCNC4)c(-c4ccc(F)c(F)c4)c3)cnc2O[C@H]2CCNC2)cc1. The number of benzene rings is 2. The van der Waals surface area contributed by atoms with E-state index in [2.05, 4.69) is 25.9 Å². The predicted octanol–water partition coefficient (Wildman–Crippen LogP) is 5.13. The minimum Gasteiger partial charge on any atom is -0.473 e. The fraction of sp³-hybridized carbons (Fsp3) is 0.281. The van der Waals surface area contributed by atoms with Gasteiger partial charge in [0, 0.05) is 30.4 Å². The van der Waals surface area contributed by atoms with E-state index in [0.29, 0.717) is 29.2 Å². The number of aromatic nitrogens is 2. The van der Waals surface area contributed by atoms with Crippen LogP contribution in [0.1, 0.15) is 28.8 Å². The molecule has 2 aromatic heterocycles. The quantitative estimate of drug-likeness (QED) is 0.270. The van der Waals surface area contributed by atoms with Crippen molar-refractivity contribution in [2.75, 3.05) is 31.5 Å². The molecular weight excluding hydrogens is 540 g/mol. The van der Waals surface area contributed by atoms with Crippen LogP contribution in [0.2, 0.25) is 0 Å². The molecule has 0 saturated carbocycles. The van der Waals surface area contributed by atoms with Crippen molar-refractivity contribution in [2.45, 2.75) is 32.0 Å². The maximum atomic E-state index is 14.2. The lowest BCUT2D eigenvalue weighted by Gasteiger charge is -2.17. The molecule has 0 spiro atoms. The highest BCUT2D eigenvalue weighted by atomic mass is 19.2. The zero-order valence-corrected chi connectivity index (χ0v) is 23.1. The van der Waals surface area contributed by atoms with Crippen molar-refractivity contribution in [3.63, 3.8) is 0 Å². The molecule has 6 rings (SSSR count). The number of hydrogen-bond acceptors (Lipinski definition) is 7. The first-order chi connectivity index (χ1) is 20.4. The smallest absolute Gasteiger partial charge is 0.257 e. The van der Waals surface area contributed by atoms with Crippen LogP contribution in [0.3, 0.4) is 0 Å². The highest BCUT2D eigenvalue weighted by Gasteiger charge is 2.23. The molecule has 3 N–H and O–H groups in total. The maximum absolute atomic E-state index is 14.2. The number of halogens is 2. The standard InChI is InChI=1S/C32H31F2N5O3/c1-19-2-4-20(5-3-19)27-14-23(16-38-32(27)42-25-9-11-36-18-25)39-30(40)22-12-26(21-6-7-28(33)29(34)13-21)31(37-15-22)41-24-8-10-35-17-24/h2-7,12-16,24-25,35-36H,8-11,17-18H2,1H3,(H,39,40)/t24-,25-/m0/s1. The average Bonchev–Trinajstić information content (AvgIpc) is 3.71. The Balaban J connectivity index is 1.30. The summed E-state index contributed by atoms with van der Waals surface area (Å²) in [5, 5.41) is 9.42. The van der Waals surface area contributed by atoms with Crippen LogP contribution in [0.5, 0.6) is 11.8 Å². The van der Waals surface area contributed by atoms with Crippen LogP contribution in [-0.4, -0.2) is 54.3 Å². The third-order valence-corrected chi connectivity index (χ3v) is 7.40. The summed E-state index contributed by atoms with van der Waals surface area (Å²) in [6, 6.07) is 15.0. The third-order valence-electron chi connectivity index (χ3n) is 7.40. The van der Waals surface area contributed by atoms with Gasteiger partial charge in [-0.1, -0.05) is 35.9 Å². The van der Waals surface area contributed by atoms with E-state index >= 15 is 0 Å². The number of ether oxygens (including phenoxy) is 2. The molecule has 2 saturated heterocycles. The van der Waals surface area contributed by atoms with Gasteiger partial charge in [-0.3, -0.25) is 4.79 Å². The fourth-order valence-electron chi connectivity index (χ4n) is 5.07. The lowest BCUT2D eigenvalue weighted by molar-refractivity contribution is 0.102. The Morgan fingerprint density at radius 2 is 1.43 bits per heavy atom. The molecule has 10 heteroatoms. The summed E-state index contributed by atoms with van der Waals surface area (Å²) in [6.45, 7) is 5.11. The molecule has 2 aliphatic heterocycles. The second kappa shape index (κ2) is 12.2. The Kier molecular flexibility index (Phi) is 8.07. The fourth-order valence-corrected chi connectivity index (χ4v) is 5.07. The maximum Gasteiger partial charge on any atom is 0.257 e. The normalized spacial score (nSPS) is 18.2. The Bertz CT molecular complexity index is 1590. The Morgan fingerprint density at radius 1 is 0.810 bits per heavy atom. The summed E-state index contributed by atoms with van der Waals surface area (Å²) in [7, 11) is 0. The first-order valence-corrected chi connectivity index (χ1v) is 14.0. The molecule has 0 aliphatic carbocycles. The molecule has 1 amide bonds. The van der Waals surface area contributed by atoms with Crippen molar-refractivity contribution in [1.29, 1.82) is 0 Å². The van der Waals surface area contributed by atoms with Crippen LogP contribution in [0.4, 0.5) is 14.5 Å². The molecule has 216 valence electrons. The van der Waals surface area contributed by atoms with Crippen LogP contribution in [-0.2, 0) is 0 Å². The van der Waals surface area contributed by atoms with Crippen LogP contribution < -0.4 is 25.4 Å². The van der Waals surface area contributed by atoms with Gasteiger partial charge >= 0.3 is 0 Å². The van der Waals surface area contributed by atoms with Gasteiger partial charge < -0.3 is 25.4 Å². The summed E-state index contributed by atoms with van der Waals surface area (Å²) in [5.41, 5.74) is 4.23. The van der Waals surface area contributed by atoms with Crippen LogP contribution in [0, 0.1) is 18.6 Å². The van der Waals surface area contributed by atoms with Gasteiger partial charge in [0.25, 0.3) is 5.91 Å². The second-order valence-electron chi connectivity index (χ2n) is 10.6. The van der Waals surface area contributed by atoms with Crippen molar-refractivity contribution < 1.29 is 23.0 Å². The van der Waals surface area contributed by atoms with Crippen LogP contribution >= 0.6 is 0 Å². The van der Waals surface area contributed by atoms with Gasteiger partial charge in [0.05, 0.1) is 17.4 Å². The number of amides is 1. The molecular formula is C32H31F2N5O3. The van der Waals surface area contributed by atoms with Crippen molar-refractivity contribution in [1.82, 2.24) is 20.6 Å². The molecule has 4 heterocycles. The molecule has 0 radical (unpaired) electrons. The van der Waals surface area contributed by atoms with Gasteiger partial charge in [-0.2, -0.15) is 0 Å². The summed E-state index contributed by atoms with van der Waals surface area (Å²) in [6.07, 6.45) is 4.54. The number of rotatable bonds is 8. The van der Waals surface area contributed by atoms with Crippen LogP contribution in [0.25, 0.3) is 22.3 Å². The van der Waals surface area contributed by atoms with Gasteiger partial charge in [-0.25, -0.2) is 18.7 Å². The number of carbonyl (C=O) groups excluding carboxylic acids is 1. The molecule has 0 unspecified atom stereocenters. The van der Waals surface area contributed by atoms with Crippen LogP contribution in [0.15, 0.2) is 67.0 Å². The lowest BCUT2D eigenvalue weighted by atomic mass is 10.0. The minimum atomic E-state index is -0.999. The number of nitrogens with zero attached hydrogens (tertiary/aromatic N) is 2.